The summed E-state index contributed by atoms with van der Waals surface area (Å²) >= 11 is 0. The highest BCUT2D eigenvalue weighted by Crippen LogP contribution is 2.44. The molecule has 86 valence electrons. The molecule has 2 unspecified atom stereocenters. The molecule has 2 aliphatic carbocycles. The van der Waals surface area contributed by atoms with Crippen LogP contribution in [-0.2, 0) is 14.8 Å². The second-order valence-electron chi connectivity index (χ2n) is 5.03. The van der Waals surface area contributed by atoms with Crippen LogP contribution in [0.15, 0.2) is 0 Å². The van der Waals surface area contributed by atoms with Crippen LogP contribution in [-0.4, -0.2) is 24.6 Å². The molecule has 0 heterocycles. The topological polar surface area (TPSA) is 89.3 Å². The predicted molar refractivity (Wildman–Crippen MR) is 55.4 cm³/mol. The summed E-state index contributed by atoms with van der Waals surface area (Å²) in [6.07, 6.45) is 1.79. The Morgan fingerprint density at radius 2 is 1.93 bits per heavy atom. The zero-order chi connectivity index (χ0) is 11.5. The lowest BCUT2D eigenvalue weighted by atomic mass is 10.2. The van der Waals surface area contributed by atoms with E-state index in [-0.39, 0.29) is 5.92 Å². The van der Waals surface area contributed by atoms with Gasteiger partial charge in [-0.1, -0.05) is 6.92 Å². The monoisotopic (exact) mass is 232 g/mol. The van der Waals surface area contributed by atoms with E-state index in [0.717, 1.165) is 0 Å². The van der Waals surface area contributed by atoms with Crippen LogP contribution in [0, 0.1) is 5.92 Å². The van der Waals surface area contributed by atoms with Gasteiger partial charge >= 0.3 is 0 Å². The summed E-state index contributed by atoms with van der Waals surface area (Å²) < 4.78 is 24.8. The molecular weight excluding hydrogens is 216 g/mol. The van der Waals surface area contributed by atoms with E-state index in [1.165, 1.54) is 0 Å². The number of nitrogens with two attached hydrogens (primary N) is 1. The fourth-order valence-electron chi connectivity index (χ4n) is 1.55. The Labute approximate surface area is 89.5 Å². The number of carbonyl (C=O) groups is 1. The summed E-state index contributed by atoms with van der Waals surface area (Å²) in [6.45, 7) is 3.48. The van der Waals surface area contributed by atoms with Gasteiger partial charge in [0.2, 0.25) is 10.0 Å². The van der Waals surface area contributed by atoms with E-state index in [1.807, 2.05) is 6.92 Å². The largest absolute Gasteiger partial charge is 0.317 e. The average molecular weight is 232 g/mol. The first-order chi connectivity index (χ1) is 6.71. The van der Waals surface area contributed by atoms with E-state index in [1.54, 1.807) is 6.92 Å². The fraction of sp³-hybridized carbons (Fsp3) is 0.889. The molecule has 0 aromatic carbocycles. The molecule has 5 nitrogen and oxygen atoms in total. The molecule has 1 amide bonds. The third-order valence-electron chi connectivity index (χ3n) is 3.62. The first-order valence-electron chi connectivity index (χ1n) is 5.07. The zero-order valence-electron chi connectivity index (χ0n) is 8.91. The van der Waals surface area contributed by atoms with Gasteiger partial charge < -0.3 is 5.73 Å². The van der Waals surface area contributed by atoms with Crippen molar-refractivity contribution in [1.82, 2.24) is 4.72 Å². The summed E-state index contributed by atoms with van der Waals surface area (Å²) in [5, 5.41) is 0. The molecule has 0 aromatic rings. The minimum Gasteiger partial charge on any atom is -0.317 e. The van der Waals surface area contributed by atoms with Gasteiger partial charge in [-0.2, -0.15) is 0 Å². The smallest absolute Gasteiger partial charge is 0.253 e. The number of amides is 1. The Bertz CT molecular complexity index is 413. The van der Waals surface area contributed by atoms with Crippen molar-refractivity contribution in [2.75, 3.05) is 0 Å². The lowest BCUT2D eigenvalue weighted by Gasteiger charge is -2.15. The SMILES string of the molecule is CC1CC1(N)C(=O)NS(=O)(=O)C1(C)CC1. The number of hydrogen-bond donors (Lipinski definition) is 2. The first kappa shape index (κ1) is 10.9. The first-order valence-corrected chi connectivity index (χ1v) is 6.55. The summed E-state index contributed by atoms with van der Waals surface area (Å²) in [7, 11) is -3.53. The molecule has 2 saturated carbocycles. The van der Waals surface area contributed by atoms with E-state index in [9.17, 15) is 13.2 Å². The molecule has 0 spiro atoms. The average Bonchev–Trinajstić information content (AvgIpc) is 2.94. The number of sulfonamides is 1. The number of hydrogen-bond acceptors (Lipinski definition) is 4. The van der Waals surface area contributed by atoms with Gasteiger partial charge in [-0.15, -0.1) is 0 Å². The van der Waals surface area contributed by atoms with E-state index in [4.69, 9.17) is 5.73 Å². The number of carbonyl (C=O) groups excluding carboxylic acids is 1. The molecule has 0 aliphatic heterocycles. The molecule has 2 aliphatic rings. The predicted octanol–water partition coefficient (Wildman–Crippen LogP) is -0.278. The Hall–Kier alpha value is -0.620. The molecule has 2 atom stereocenters. The van der Waals surface area contributed by atoms with Crippen molar-refractivity contribution >= 4 is 15.9 Å². The van der Waals surface area contributed by atoms with Crippen molar-refractivity contribution < 1.29 is 13.2 Å². The maximum absolute atomic E-state index is 11.7. The molecule has 3 N–H and O–H groups in total. The van der Waals surface area contributed by atoms with E-state index in [0.29, 0.717) is 19.3 Å². The van der Waals surface area contributed by atoms with E-state index < -0.39 is 26.2 Å². The van der Waals surface area contributed by atoms with Crippen LogP contribution in [0.1, 0.15) is 33.1 Å². The van der Waals surface area contributed by atoms with Crippen LogP contribution in [0.5, 0.6) is 0 Å². The zero-order valence-corrected chi connectivity index (χ0v) is 9.73. The molecular formula is C9H16N2O3S. The quantitative estimate of drug-likeness (QED) is 0.700. The van der Waals surface area contributed by atoms with Crippen LogP contribution in [0.4, 0.5) is 0 Å². The third kappa shape index (κ3) is 1.56. The van der Waals surface area contributed by atoms with Crippen LogP contribution < -0.4 is 10.5 Å². The van der Waals surface area contributed by atoms with Crippen LogP contribution in [0.2, 0.25) is 0 Å². The van der Waals surface area contributed by atoms with Crippen molar-refractivity contribution in [1.29, 1.82) is 0 Å². The molecule has 0 aromatic heterocycles. The van der Waals surface area contributed by atoms with Crippen LogP contribution in [0.3, 0.4) is 0 Å². The fourth-order valence-corrected chi connectivity index (χ4v) is 2.87. The van der Waals surface area contributed by atoms with Gasteiger partial charge in [-0.25, -0.2) is 8.42 Å². The maximum Gasteiger partial charge on any atom is 0.253 e. The highest BCUT2D eigenvalue weighted by Gasteiger charge is 2.57. The van der Waals surface area contributed by atoms with E-state index in [2.05, 4.69) is 4.72 Å². The van der Waals surface area contributed by atoms with Gasteiger partial charge in [0, 0.05) is 0 Å². The van der Waals surface area contributed by atoms with Crippen molar-refractivity contribution in [3.63, 3.8) is 0 Å². The maximum atomic E-state index is 11.7. The minimum atomic E-state index is -3.53. The normalized spacial score (nSPS) is 37.1. The molecule has 15 heavy (non-hydrogen) atoms. The number of nitrogens with one attached hydrogen (secondary N) is 1. The highest BCUT2D eigenvalue weighted by atomic mass is 32.2. The van der Waals surface area contributed by atoms with Crippen molar-refractivity contribution in [2.45, 2.75) is 43.4 Å². The minimum absolute atomic E-state index is 0.0692. The summed E-state index contributed by atoms with van der Waals surface area (Å²) in [6, 6.07) is 0. The molecule has 2 rings (SSSR count). The van der Waals surface area contributed by atoms with Crippen LogP contribution >= 0.6 is 0 Å². The second-order valence-corrected chi connectivity index (χ2v) is 7.23. The molecule has 0 saturated heterocycles. The van der Waals surface area contributed by atoms with Gasteiger partial charge in [0.15, 0.2) is 0 Å². The Balaban J connectivity index is 2.07. The third-order valence-corrected chi connectivity index (χ3v) is 5.78. The van der Waals surface area contributed by atoms with Gasteiger partial charge in [-0.05, 0) is 32.1 Å². The lowest BCUT2D eigenvalue weighted by Crippen LogP contribution is -2.49. The summed E-state index contributed by atoms with van der Waals surface area (Å²) in [5.41, 5.74) is 4.77. The second kappa shape index (κ2) is 2.74. The van der Waals surface area contributed by atoms with Gasteiger partial charge in [-0.3, -0.25) is 9.52 Å². The Morgan fingerprint density at radius 3 is 2.27 bits per heavy atom. The van der Waals surface area contributed by atoms with Gasteiger partial charge in [0.25, 0.3) is 5.91 Å². The summed E-state index contributed by atoms with van der Waals surface area (Å²) in [5.74, 6) is -0.483. The summed E-state index contributed by atoms with van der Waals surface area (Å²) in [4.78, 5) is 11.6. The van der Waals surface area contributed by atoms with Gasteiger partial charge in [0.1, 0.15) is 0 Å². The van der Waals surface area contributed by atoms with Crippen molar-refractivity contribution in [3.05, 3.63) is 0 Å². The Morgan fingerprint density at radius 1 is 1.47 bits per heavy atom. The molecule has 6 heteroatoms. The van der Waals surface area contributed by atoms with Gasteiger partial charge in [0.05, 0.1) is 10.3 Å². The van der Waals surface area contributed by atoms with Crippen molar-refractivity contribution in [2.24, 2.45) is 11.7 Å². The lowest BCUT2D eigenvalue weighted by molar-refractivity contribution is -0.121. The Kier molecular flexibility index (Phi) is 1.98. The van der Waals surface area contributed by atoms with Crippen LogP contribution in [0.25, 0.3) is 0 Å². The molecule has 0 bridgehead atoms. The highest BCUT2D eigenvalue weighted by molar-refractivity contribution is 7.91. The van der Waals surface area contributed by atoms with E-state index >= 15 is 0 Å². The van der Waals surface area contributed by atoms with Crippen molar-refractivity contribution in [3.8, 4) is 0 Å². The standard InChI is InChI=1S/C9H16N2O3S/c1-6-5-9(6,10)7(12)11-15(13,14)8(2)3-4-8/h6H,3-5,10H2,1-2H3,(H,11,12). The number of rotatable bonds is 3. The molecule has 0 radical (unpaired) electrons. The molecule has 2 fully saturated rings.